The molecule has 4 heteroatoms. The molecule has 0 aliphatic rings. The molecule has 0 atom stereocenters. The van der Waals surface area contributed by atoms with Crippen LogP contribution in [0.2, 0.25) is 5.15 Å². The van der Waals surface area contributed by atoms with E-state index in [1.807, 2.05) is 19.2 Å². The van der Waals surface area contributed by atoms with E-state index in [0.29, 0.717) is 11.6 Å². The maximum absolute atomic E-state index is 8.42. The summed E-state index contributed by atoms with van der Waals surface area (Å²) in [5.74, 6) is 0. The van der Waals surface area contributed by atoms with E-state index in [1.54, 1.807) is 6.20 Å². The normalized spacial score (nSPS) is 10.1. The van der Waals surface area contributed by atoms with Gasteiger partial charge < -0.3 is 4.90 Å². The Bertz CT molecular complexity index is 332. The molecule has 1 aromatic rings. The summed E-state index contributed by atoms with van der Waals surface area (Å²) in [6, 6.07) is 5.88. The zero-order chi connectivity index (χ0) is 10.4. The largest absolute Gasteiger partial charge is 0.301 e. The van der Waals surface area contributed by atoms with E-state index in [9.17, 15) is 0 Å². The van der Waals surface area contributed by atoms with Crippen LogP contribution in [-0.2, 0) is 6.54 Å². The smallest absolute Gasteiger partial charge is 0.129 e. The predicted molar refractivity (Wildman–Crippen MR) is 55.8 cm³/mol. The molecule has 0 aromatic carbocycles. The minimum Gasteiger partial charge on any atom is -0.301 e. The lowest BCUT2D eigenvalue weighted by Crippen LogP contribution is -2.18. The van der Waals surface area contributed by atoms with Gasteiger partial charge in [-0.25, -0.2) is 4.98 Å². The van der Waals surface area contributed by atoms with Gasteiger partial charge in [0.1, 0.15) is 5.15 Å². The van der Waals surface area contributed by atoms with Gasteiger partial charge in [-0.1, -0.05) is 11.6 Å². The van der Waals surface area contributed by atoms with E-state index in [2.05, 4.69) is 16.0 Å². The molecule has 0 amide bonds. The Kier molecular flexibility index (Phi) is 4.37. The lowest BCUT2D eigenvalue weighted by molar-refractivity contribution is 0.335. The Morgan fingerprint density at radius 3 is 3.07 bits per heavy atom. The SMILES string of the molecule is CN(CCC#N)Cc1ccnc(Cl)c1. The summed E-state index contributed by atoms with van der Waals surface area (Å²) in [4.78, 5) is 5.98. The fourth-order valence-corrected chi connectivity index (χ4v) is 1.37. The van der Waals surface area contributed by atoms with Gasteiger partial charge in [0.15, 0.2) is 0 Å². The van der Waals surface area contributed by atoms with Crippen LogP contribution in [0.1, 0.15) is 12.0 Å². The van der Waals surface area contributed by atoms with E-state index in [1.165, 1.54) is 0 Å². The Hall–Kier alpha value is -1.11. The van der Waals surface area contributed by atoms with Crippen molar-refractivity contribution in [2.75, 3.05) is 13.6 Å². The van der Waals surface area contributed by atoms with E-state index < -0.39 is 0 Å². The first kappa shape index (κ1) is 11.0. The maximum atomic E-state index is 8.42. The quantitative estimate of drug-likeness (QED) is 0.713. The molecule has 0 aliphatic heterocycles. The van der Waals surface area contributed by atoms with Crippen LogP contribution in [0, 0.1) is 11.3 Å². The number of aromatic nitrogens is 1. The van der Waals surface area contributed by atoms with E-state index in [0.717, 1.165) is 18.7 Å². The van der Waals surface area contributed by atoms with Crippen molar-refractivity contribution in [3.8, 4) is 6.07 Å². The number of pyridine rings is 1. The summed E-state index contributed by atoms with van der Waals surface area (Å²) in [5.41, 5.74) is 1.12. The van der Waals surface area contributed by atoms with Crippen LogP contribution in [0.15, 0.2) is 18.3 Å². The fourth-order valence-electron chi connectivity index (χ4n) is 1.17. The topological polar surface area (TPSA) is 39.9 Å². The van der Waals surface area contributed by atoms with Gasteiger partial charge in [0.25, 0.3) is 0 Å². The van der Waals surface area contributed by atoms with Gasteiger partial charge in [0.2, 0.25) is 0 Å². The molecule has 74 valence electrons. The monoisotopic (exact) mass is 209 g/mol. The molecule has 0 spiro atoms. The third-order valence-corrected chi connectivity index (χ3v) is 2.06. The van der Waals surface area contributed by atoms with Gasteiger partial charge in [-0.15, -0.1) is 0 Å². The number of nitrogens with zero attached hydrogens (tertiary/aromatic N) is 3. The predicted octanol–water partition coefficient (Wildman–Crippen LogP) is 2.08. The molecule has 0 bridgehead atoms. The fraction of sp³-hybridized carbons (Fsp3) is 0.400. The molecule has 1 rings (SSSR count). The highest BCUT2D eigenvalue weighted by Gasteiger charge is 2.00. The zero-order valence-electron chi connectivity index (χ0n) is 8.07. The summed E-state index contributed by atoms with van der Waals surface area (Å²) in [6.07, 6.45) is 2.24. The van der Waals surface area contributed by atoms with Crippen molar-refractivity contribution >= 4 is 11.6 Å². The first-order valence-electron chi connectivity index (χ1n) is 4.38. The van der Waals surface area contributed by atoms with Gasteiger partial charge in [-0.05, 0) is 24.7 Å². The van der Waals surface area contributed by atoms with Crippen molar-refractivity contribution in [3.05, 3.63) is 29.0 Å². The van der Waals surface area contributed by atoms with E-state index in [-0.39, 0.29) is 0 Å². The van der Waals surface area contributed by atoms with Gasteiger partial charge in [0.05, 0.1) is 6.07 Å². The first-order chi connectivity index (χ1) is 6.72. The Morgan fingerprint density at radius 2 is 2.43 bits per heavy atom. The third-order valence-electron chi connectivity index (χ3n) is 1.85. The lowest BCUT2D eigenvalue weighted by atomic mass is 10.2. The lowest BCUT2D eigenvalue weighted by Gasteiger charge is -2.14. The van der Waals surface area contributed by atoms with Crippen LogP contribution in [0.3, 0.4) is 0 Å². The van der Waals surface area contributed by atoms with Crippen LogP contribution >= 0.6 is 11.6 Å². The minimum atomic E-state index is 0.510. The molecule has 0 unspecified atom stereocenters. The molecule has 0 aliphatic carbocycles. The zero-order valence-corrected chi connectivity index (χ0v) is 8.83. The molecule has 3 nitrogen and oxygen atoms in total. The standard InChI is InChI=1S/C10H12ClN3/c1-14(6-2-4-12)8-9-3-5-13-10(11)7-9/h3,5,7H,2,6,8H2,1H3. The van der Waals surface area contributed by atoms with Crippen LogP contribution in [0.4, 0.5) is 0 Å². The van der Waals surface area contributed by atoms with Crippen molar-refractivity contribution < 1.29 is 0 Å². The minimum absolute atomic E-state index is 0.510. The molecule has 1 aromatic heterocycles. The first-order valence-corrected chi connectivity index (χ1v) is 4.76. The Morgan fingerprint density at radius 1 is 1.64 bits per heavy atom. The second-order valence-electron chi connectivity index (χ2n) is 3.13. The van der Waals surface area contributed by atoms with Crippen molar-refractivity contribution in [1.29, 1.82) is 5.26 Å². The summed E-state index contributed by atoms with van der Waals surface area (Å²) in [5, 5.41) is 8.93. The van der Waals surface area contributed by atoms with Crippen molar-refractivity contribution in [3.63, 3.8) is 0 Å². The highest BCUT2D eigenvalue weighted by molar-refractivity contribution is 6.29. The average molecular weight is 210 g/mol. The molecular weight excluding hydrogens is 198 g/mol. The number of hydrogen-bond acceptors (Lipinski definition) is 3. The summed E-state index contributed by atoms with van der Waals surface area (Å²) in [7, 11) is 1.98. The number of nitriles is 1. The van der Waals surface area contributed by atoms with Crippen LogP contribution in [-0.4, -0.2) is 23.5 Å². The highest BCUT2D eigenvalue weighted by Crippen LogP contribution is 2.08. The van der Waals surface area contributed by atoms with Gasteiger partial charge in [-0.3, -0.25) is 0 Å². The van der Waals surface area contributed by atoms with Gasteiger partial charge >= 0.3 is 0 Å². The van der Waals surface area contributed by atoms with Crippen molar-refractivity contribution in [2.24, 2.45) is 0 Å². The van der Waals surface area contributed by atoms with E-state index in [4.69, 9.17) is 16.9 Å². The molecule has 14 heavy (non-hydrogen) atoms. The second kappa shape index (κ2) is 5.58. The molecule has 0 N–H and O–H groups in total. The highest BCUT2D eigenvalue weighted by atomic mass is 35.5. The molecule has 1 heterocycles. The number of rotatable bonds is 4. The Balaban J connectivity index is 2.48. The number of hydrogen-bond donors (Lipinski definition) is 0. The number of halogens is 1. The van der Waals surface area contributed by atoms with Crippen molar-refractivity contribution in [1.82, 2.24) is 9.88 Å². The Labute approximate surface area is 88.9 Å². The van der Waals surface area contributed by atoms with Crippen LogP contribution < -0.4 is 0 Å². The summed E-state index contributed by atoms with van der Waals surface area (Å²) in [6.45, 7) is 1.57. The van der Waals surface area contributed by atoms with E-state index >= 15 is 0 Å². The summed E-state index contributed by atoms with van der Waals surface area (Å²) < 4.78 is 0. The van der Waals surface area contributed by atoms with Crippen LogP contribution in [0.5, 0.6) is 0 Å². The molecule has 0 saturated carbocycles. The average Bonchev–Trinajstić information content (AvgIpc) is 2.15. The maximum Gasteiger partial charge on any atom is 0.129 e. The summed E-state index contributed by atoms with van der Waals surface area (Å²) >= 11 is 5.75. The van der Waals surface area contributed by atoms with Gasteiger partial charge in [0, 0.05) is 25.7 Å². The van der Waals surface area contributed by atoms with Gasteiger partial charge in [-0.2, -0.15) is 5.26 Å². The molecule has 0 fully saturated rings. The molecular formula is C10H12ClN3. The molecule has 0 saturated heterocycles. The second-order valence-corrected chi connectivity index (χ2v) is 3.52. The third kappa shape index (κ3) is 3.73. The van der Waals surface area contributed by atoms with Crippen LogP contribution in [0.25, 0.3) is 0 Å². The molecule has 0 radical (unpaired) electrons. The van der Waals surface area contributed by atoms with Crippen molar-refractivity contribution in [2.45, 2.75) is 13.0 Å².